The number of hydrogen-bond donors (Lipinski definition) is 0. The Kier molecular flexibility index (Phi) is 4.47. The summed E-state index contributed by atoms with van der Waals surface area (Å²) in [5.74, 6) is 0. The summed E-state index contributed by atoms with van der Waals surface area (Å²) in [5, 5.41) is 20.6. The lowest BCUT2D eigenvalue weighted by atomic mass is 9.63. The molecule has 0 fully saturated rings. The molecule has 2 aromatic carbocycles. The van der Waals surface area contributed by atoms with Gasteiger partial charge in [-0.25, -0.2) is 0 Å². The van der Waals surface area contributed by atoms with Crippen LogP contribution in [-0.2, 0) is 10.8 Å². The molecule has 0 aromatic heterocycles. The van der Waals surface area contributed by atoms with E-state index in [0.717, 1.165) is 18.5 Å². The van der Waals surface area contributed by atoms with Crippen molar-refractivity contribution < 1.29 is 4.92 Å². The molecule has 0 amide bonds. The summed E-state index contributed by atoms with van der Waals surface area (Å²) in [4.78, 5) is 12.9. The van der Waals surface area contributed by atoms with E-state index < -0.39 is 4.92 Å². The van der Waals surface area contributed by atoms with E-state index >= 15 is 0 Å². The fourth-order valence-corrected chi connectivity index (χ4v) is 3.95. The number of nitro benzene ring substituents is 1. The molecular formula is C22H25N3O2. The van der Waals surface area contributed by atoms with Crippen LogP contribution in [0.5, 0.6) is 0 Å². The number of rotatable bonds is 3. The topological polar surface area (TPSA) is 70.2 Å². The number of fused-ring (bicyclic) bond motifs is 1. The molecule has 5 heteroatoms. The third-order valence-electron chi connectivity index (χ3n) is 5.89. The van der Waals surface area contributed by atoms with Crippen molar-refractivity contribution in [2.24, 2.45) is 0 Å². The predicted octanol–water partition coefficient (Wildman–Crippen LogP) is 5.58. The lowest BCUT2D eigenvalue weighted by Crippen LogP contribution is -2.34. The molecule has 2 aromatic rings. The first-order valence-electron chi connectivity index (χ1n) is 9.14. The minimum Gasteiger partial charge on any atom is -0.339 e. The van der Waals surface area contributed by atoms with Crippen molar-refractivity contribution >= 4 is 17.1 Å². The zero-order valence-corrected chi connectivity index (χ0v) is 16.5. The molecule has 0 saturated carbocycles. The van der Waals surface area contributed by atoms with Gasteiger partial charge in [0.05, 0.1) is 16.6 Å². The standard InChI is InChI=1S/C22H25N3O2/c1-21(2)10-11-22(3,4)18-13-16(7-8-17(18)21)24(5)19-9-6-15(14-23)12-20(19)25(26)27/h6-9,12-13H,10-11H2,1-5H3. The maximum absolute atomic E-state index is 11.5. The molecule has 0 unspecified atom stereocenters. The second-order valence-electron chi connectivity index (χ2n) is 8.63. The number of nitrogens with zero attached hydrogens (tertiary/aromatic N) is 3. The molecule has 1 aliphatic carbocycles. The Morgan fingerprint density at radius 2 is 1.67 bits per heavy atom. The first-order valence-corrected chi connectivity index (χ1v) is 9.14. The van der Waals surface area contributed by atoms with Crippen molar-refractivity contribution in [2.45, 2.75) is 51.4 Å². The molecule has 0 atom stereocenters. The number of benzene rings is 2. The molecular weight excluding hydrogens is 338 g/mol. The maximum atomic E-state index is 11.5. The highest BCUT2D eigenvalue weighted by atomic mass is 16.6. The van der Waals surface area contributed by atoms with Crippen molar-refractivity contribution in [2.75, 3.05) is 11.9 Å². The minimum atomic E-state index is -0.432. The van der Waals surface area contributed by atoms with Crippen molar-refractivity contribution in [1.29, 1.82) is 5.26 Å². The molecule has 0 N–H and O–H groups in total. The number of nitro groups is 1. The zero-order valence-electron chi connectivity index (χ0n) is 16.5. The zero-order chi connectivity index (χ0) is 20.0. The van der Waals surface area contributed by atoms with E-state index in [9.17, 15) is 10.1 Å². The van der Waals surface area contributed by atoms with E-state index in [1.165, 1.54) is 17.2 Å². The Labute approximate surface area is 160 Å². The molecule has 0 spiro atoms. The van der Waals surface area contributed by atoms with Crippen LogP contribution in [0.4, 0.5) is 17.1 Å². The van der Waals surface area contributed by atoms with Gasteiger partial charge in [-0.3, -0.25) is 10.1 Å². The van der Waals surface area contributed by atoms with Gasteiger partial charge in [0, 0.05) is 18.8 Å². The Morgan fingerprint density at radius 1 is 1.04 bits per heavy atom. The average molecular weight is 363 g/mol. The van der Waals surface area contributed by atoms with Gasteiger partial charge in [-0.1, -0.05) is 33.8 Å². The average Bonchev–Trinajstić information content (AvgIpc) is 2.64. The van der Waals surface area contributed by atoms with Crippen LogP contribution in [0.15, 0.2) is 36.4 Å². The van der Waals surface area contributed by atoms with E-state index in [4.69, 9.17) is 5.26 Å². The summed E-state index contributed by atoms with van der Waals surface area (Å²) in [6, 6.07) is 12.9. The molecule has 0 radical (unpaired) electrons. The largest absolute Gasteiger partial charge is 0.339 e. The molecule has 1 aliphatic rings. The highest BCUT2D eigenvalue weighted by molar-refractivity contribution is 5.73. The fraction of sp³-hybridized carbons (Fsp3) is 0.409. The van der Waals surface area contributed by atoms with Crippen molar-refractivity contribution in [3.05, 3.63) is 63.2 Å². The molecule has 5 nitrogen and oxygen atoms in total. The van der Waals surface area contributed by atoms with E-state index in [1.54, 1.807) is 12.1 Å². The van der Waals surface area contributed by atoms with Gasteiger partial charge in [0.15, 0.2) is 0 Å². The van der Waals surface area contributed by atoms with Gasteiger partial charge >= 0.3 is 0 Å². The van der Waals surface area contributed by atoms with E-state index in [-0.39, 0.29) is 22.1 Å². The van der Waals surface area contributed by atoms with Crippen LogP contribution in [0.1, 0.15) is 57.2 Å². The van der Waals surface area contributed by atoms with Gasteiger partial charge in [0.2, 0.25) is 0 Å². The van der Waals surface area contributed by atoms with Gasteiger partial charge in [-0.05, 0) is 59.1 Å². The van der Waals surface area contributed by atoms with Crippen LogP contribution >= 0.6 is 0 Å². The van der Waals surface area contributed by atoms with Crippen LogP contribution < -0.4 is 4.90 Å². The fourth-order valence-electron chi connectivity index (χ4n) is 3.95. The summed E-state index contributed by atoms with van der Waals surface area (Å²) < 4.78 is 0. The summed E-state index contributed by atoms with van der Waals surface area (Å²) >= 11 is 0. The summed E-state index contributed by atoms with van der Waals surface area (Å²) in [7, 11) is 1.83. The highest BCUT2D eigenvalue weighted by Gasteiger charge is 2.37. The maximum Gasteiger partial charge on any atom is 0.294 e. The third kappa shape index (κ3) is 3.28. The molecule has 140 valence electrons. The molecule has 0 heterocycles. The van der Waals surface area contributed by atoms with E-state index in [2.05, 4.69) is 39.8 Å². The summed E-state index contributed by atoms with van der Waals surface area (Å²) in [6.45, 7) is 9.07. The summed E-state index contributed by atoms with van der Waals surface area (Å²) in [5.41, 5.74) is 4.46. The van der Waals surface area contributed by atoms with Crippen molar-refractivity contribution in [3.8, 4) is 6.07 Å². The molecule has 27 heavy (non-hydrogen) atoms. The third-order valence-corrected chi connectivity index (χ3v) is 5.89. The van der Waals surface area contributed by atoms with Crippen LogP contribution in [0.2, 0.25) is 0 Å². The van der Waals surface area contributed by atoms with Crippen LogP contribution in [0.25, 0.3) is 0 Å². The quantitative estimate of drug-likeness (QED) is 0.527. The Morgan fingerprint density at radius 3 is 2.26 bits per heavy atom. The molecule has 0 aliphatic heterocycles. The van der Waals surface area contributed by atoms with E-state index in [1.807, 2.05) is 24.1 Å². The van der Waals surface area contributed by atoms with E-state index in [0.29, 0.717) is 5.69 Å². The summed E-state index contributed by atoms with van der Waals surface area (Å²) in [6.07, 6.45) is 2.25. The van der Waals surface area contributed by atoms with Crippen LogP contribution in [0, 0.1) is 21.4 Å². The first kappa shape index (κ1) is 18.9. The van der Waals surface area contributed by atoms with Crippen LogP contribution in [-0.4, -0.2) is 12.0 Å². The van der Waals surface area contributed by atoms with Gasteiger partial charge in [-0.2, -0.15) is 5.26 Å². The Bertz CT molecular complexity index is 955. The number of hydrogen-bond acceptors (Lipinski definition) is 4. The molecule has 3 rings (SSSR count). The second kappa shape index (κ2) is 6.38. The molecule has 0 saturated heterocycles. The molecule has 0 bridgehead atoms. The predicted molar refractivity (Wildman–Crippen MR) is 108 cm³/mol. The smallest absolute Gasteiger partial charge is 0.294 e. The van der Waals surface area contributed by atoms with Gasteiger partial charge < -0.3 is 4.90 Å². The van der Waals surface area contributed by atoms with Crippen LogP contribution in [0.3, 0.4) is 0 Å². The van der Waals surface area contributed by atoms with Crippen molar-refractivity contribution in [3.63, 3.8) is 0 Å². The lowest BCUT2D eigenvalue weighted by Gasteiger charge is -2.42. The Hall–Kier alpha value is -2.87. The highest BCUT2D eigenvalue weighted by Crippen LogP contribution is 2.47. The number of nitriles is 1. The van der Waals surface area contributed by atoms with Crippen molar-refractivity contribution in [1.82, 2.24) is 0 Å². The minimum absolute atomic E-state index is 0.0612. The van der Waals surface area contributed by atoms with Gasteiger partial charge in [-0.15, -0.1) is 0 Å². The monoisotopic (exact) mass is 363 g/mol. The van der Waals surface area contributed by atoms with Gasteiger partial charge in [0.25, 0.3) is 5.69 Å². The first-order chi connectivity index (χ1) is 12.6. The Balaban J connectivity index is 2.11. The number of anilines is 2. The second-order valence-corrected chi connectivity index (χ2v) is 8.63. The SMILES string of the molecule is CN(c1ccc2c(c1)C(C)(C)CCC2(C)C)c1ccc(C#N)cc1[N+](=O)[O-]. The lowest BCUT2D eigenvalue weighted by molar-refractivity contribution is -0.384. The van der Waals surface area contributed by atoms with Gasteiger partial charge in [0.1, 0.15) is 5.69 Å². The normalized spacial score (nSPS) is 16.9.